The van der Waals surface area contributed by atoms with Crippen molar-refractivity contribution in [2.45, 2.75) is 13.5 Å². The van der Waals surface area contributed by atoms with E-state index in [9.17, 15) is 9.59 Å². The Morgan fingerprint density at radius 1 is 1.12 bits per heavy atom. The summed E-state index contributed by atoms with van der Waals surface area (Å²) in [6.07, 6.45) is 1.28. The van der Waals surface area contributed by atoms with Gasteiger partial charge in [0.05, 0.1) is 19.9 Å². The smallest absolute Gasteiger partial charge is 0.284 e. The van der Waals surface area contributed by atoms with Gasteiger partial charge in [0.25, 0.3) is 5.56 Å². The van der Waals surface area contributed by atoms with Crippen LogP contribution in [0.4, 0.5) is 5.69 Å². The number of carbonyl (C=O) groups excluding carboxylic acids is 1. The van der Waals surface area contributed by atoms with E-state index in [2.05, 4.69) is 20.6 Å². The van der Waals surface area contributed by atoms with Crippen LogP contribution in [-0.4, -0.2) is 44.7 Å². The van der Waals surface area contributed by atoms with E-state index in [1.165, 1.54) is 29.8 Å². The first kappa shape index (κ1) is 21.3. The van der Waals surface area contributed by atoms with Crippen LogP contribution < -0.4 is 20.3 Å². The van der Waals surface area contributed by atoms with Gasteiger partial charge in [-0.3, -0.25) is 14.2 Å². The molecule has 32 heavy (non-hydrogen) atoms. The molecule has 1 amide bonds. The lowest BCUT2D eigenvalue weighted by Gasteiger charge is -2.10. The lowest BCUT2D eigenvalue weighted by atomic mass is 10.2. The fourth-order valence-corrected chi connectivity index (χ4v) is 3.29. The van der Waals surface area contributed by atoms with E-state index >= 15 is 0 Å². The second-order valence-electron chi connectivity index (χ2n) is 6.90. The lowest BCUT2D eigenvalue weighted by molar-refractivity contribution is -0.116. The van der Waals surface area contributed by atoms with Crippen molar-refractivity contribution in [2.24, 2.45) is 0 Å². The SMILES string of the molecule is COc1ccc(-n2nnc3c(=O)n(CC(=O)Nc4ccc(C)c(Cl)c4)cnc32)cc1OC. The second kappa shape index (κ2) is 8.67. The summed E-state index contributed by atoms with van der Waals surface area (Å²) in [6, 6.07) is 10.3. The first-order chi connectivity index (χ1) is 15.4. The molecule has 4 rings (SSSR count). The van der Waals surface area contributed by atoms with Gasteiger partial charge in [-0.05, 0) is 36.8 Å². The number of fused-ring (bicyclic) bond motifs is 1. The van der Waals surface area contributed by atoms with E-state index in [0.29, 0.717) is 27.9 Å². The van der Waals surface area contributed by atoms with Crippen LogP contribution >= 0.6 is 11.6 Å². The molecule has 10 nitrogen and oxygen atoms in total. The molecule has 0 radical (unpaired) electrons. The summed E-state index contributed by atoms with van der Waals surface area (Å²) < 4.78 is 13.1. The number of amides is 1. The predicted molar refractivity (Wildman–Crippen MR) is 119 cm³/mol. The molecule has 0 aliphatic carbocycles. The number of hydrogen-bond acceptors (Lipinski definition) is 7. The topological polar surface area (TPSA) is 113 Å². The summed E-state index contributed by atoms with van der Waals surface area (Å²) in [4.78, 5) is 29.5. The van der Waals surface area contributed by atoms with Crippen LogP contribution in [0.5, 0.6) is 11.5 Å². The van der Waals surface area contributed by atoms with Gasteiger partial charge in [-0.2, -0.15) is 4.68 Å². The van der Waals surface area contributed by atoms with Crippen molar-refractivity contribution < 1.29 is 14.3 Å². The van der Waals surface area contributed by atoms with E-state index < -0.39 is 11.5 Å². The molecule has 1 N–H and O–H groups in total. The molecule has 0 atom stereocenters. The Hall–Kier alpha value is -3.92. The lowest BCUT2D eigenvalue weighted by Crippen LogP contribution is -2.28. The fourth-order valence-electron chi connectivity index (χ4n) is 3.11. The Balaban J connectivity index is 1.61. The summed E-state index contributed by atoms with van der Waals surface area (Å²) in [6.45, 7) is 1.63. The highest BCUT2D eigenvalue weighted by molar-refractivity contribution is 6.31. The number of aromatic nitrogens is 5. The maximum Gasteiger partial charge on any atom is 0.284 e. The first-order valence-corrected chi connectivity index (χ1v) is 9.88. The van der Waals surface area contributed by atoms with Crippen LogP contribution in [0.25, 0.3) is 16.9 Å². The van der Waals surface area contributed by atoms with Gasteiger partial charge in [-0.25, -0.2) is 4.98 Å². The highest BCUT2D eigenvalue weighted by Crippen LogP contribution is 2.29. The Morgan fingerprint density at radius 2 is 1.91 bits per heavy atom. The fraction of sp³-hybridized carbons (Fsp3) is 0.190. The maximum absolute atomic E-state index is 12.8. The molecule has 0 saturated carbocycles. The van der Waals surface area contributed by atoms with Gasteiger partial charge in [-0.1, -0.05) is 22.9 Å². The van der Waals surface area contributed by atoms with Crippen LogP contribution in [-0.2, 0) is 11.3 Å². The summed E-state index contributed by atoms with van der Waals surface area (Å²) in [7, 11) is 3.06. The van der Waals surface area contributed by atoms with E-state index in [0.717, 1.165) is 5.56 Å². The molecule has 164 valence electrons. The molecular formula is C21H19ClN6O4. The Bertz CT molecular complexity index is 1380. The van der Waals surface area contributed by atoms with Crippen molar-refractivity contribution in [3.63, 3.8) is 0 Å². The van der Waals surface area contributed by atoms with Gasteiger partial charge in [0.2, 0.25) is 5.91 Å². The molecule has 0 bridgehead atoms. The van der Waals surface area contributed by atoms with Crippen LogP contribution in [0.2, 0.25) is 5.02 Å². The minimum atomic E-state index is -0.487. The summed E-state index contributed by atoms with van der Waals surface area (Å²) in [5.74, 6) is 0.646. The normalized spacial score (nSPS) is 10.9. The van der Waals surface area contributed by atoms with Gasteiger partial charge in [0, 0.05) is 16.8 Å². The van der Waals surface area contributed by atoms with Crippen molar-refractivity contribution in [2.75, 3.05) is 19.5 Å². The zero-order valence-electron chi connectivity index (χ0n) is 17.5. The van der Waals surface area contributed by atoms with E-state index in [1.807, 2.05) is 6.92 Å². The van der Waals surface area contributed by atoms with Crippen LogP contribution in [0.3, 0.4) is 0 Å². The van der Waals surface area contributed by atoms with Gasteiger partial charge < -0.3 is 14.8 Å². The number of benzene rings is 2. The second-order valence-corrected chi connectivity index (χ2v) is 7.31. The first-order valence-electron chi connectivity index (χ1n) is 9.50. The quantitative estimate of drug-likeness (QED) is 0.476. The van der Waals surface area contributed by atoms with Crippen molar-refractivity contribution in [3.05, 3.63) is 63.7 Å². The summed E-state index contributed by atoms with van der Waals surface area (Å²) >= 11 is 6.09. The molecule has 0 unspecified atom stereocenters. The van der Waals surface area contributed by atoms with Crippen molar-refractivity contribution in [1.29, 1.82) is 0 Å². The highest BCUT2D eigenvalue weighted by Gasteiger charge is 2.16. The Morgan fingerprint density at radius 3 is 2.62 bits per heavy atom. The number of hydrogen-bond donors (Lipinski definition) is 1. The van der Waals surface area contributed by atoms with Gasteiger partial charge in [0.15, 0.2) is 22.7 Å². The number of nitrogens with zero attached hydrogens (tertiary/aromatic N) is 5. The van der Waals surface area contributed by atoms with Gasteiger partial charge in [0.1, 0.15) is 12.9 Å². The largest absolute Gasteiger partial charge is 0.493 e. The zero-order chi connectivity index (χ0) is 22.8. The average molecular weight is 455 g/mol. The molecule has 2 aromatic carbocycles. The molecule has 4 aromatic rings. The number of anilines is 1. The molecule has 0 spiro atoms. The number of rotatable bonds is 6. The maximum atomic E-state index is 12.8. The summed E-state index contributed by atoms with van der Waals surface area (Å²) in [5, 5.41) is 11.3. The van der Waals surface area contributed by atoms with Crippen molar-refractivity contribution in [1.82, 2.24) is 24.5 Å². The Labute approximate surface area is 187 Å². The number of methoxy groups -OCH3 is 2. The molecule has 2 heterocycles. The molecule has 11 heteroatoms. The monoisotopic (exact) mass is 454 g/mol. The van der Waals surface area contributed by atoms with Gasteiger partial charge >= 0.3 is 0 Å². The molecule has 2 aromatic heterocycles. The molecule has 0 saturated heterocycles. The molecule has 0 aliphatic rings. The van der Waals surface area contributed by atoms with Crippen LogP contribution in [0.15, 0.2) is 47.5 Å². The van der Waals surface area contributed by atoms with Crippen molar-refractivity contribution in [3.8, 4) is 17.2 Å². The third kappa shape index (κ3) is 4.00. The summed E-state index contributed by atoms with van der Waals surface area (Å²) in [5.41, 5.74) is 1.82. The van der Waals surface area contributed by atoms with Crippen molar-refractivity contribution >= 4 is 34.4 Å². The number of aryl methyl sites for hydroxylation is 1. The van der Waals surface area contributed by atoms with E-state index in [1.54, 1.807) is 36.4 Å². The number of carbonyl (C=O) groups is 1. The highest BCUT2D eigenvalue weighted by atomic mass is 35.5. The van der Waals surface area contributed by atoms with E-state index in [-0.39, 0.29) is 17.7 Å². The van der Waals surface area contributed by atoms with Crippen LogP contribution in [0.1, 0.15) is 5.56 Å². The van der Waals surface area contributed by atoms with E-state index in [4.69, 9.17) is 21.1 Å². The third-order valence-electron chi connectivity index (χ3n) is 4.81. The number of ether oxygens (including phenoxy) is 2. The average Bonchev–Trinajstić information content (AvgIpc) is 3.22. The van der Waals surface area contributed by atoms with Crippen LogP contribution in [0, 0.1) is 6.92 Å². The zero-order valence-corrected chi connectivity index (χ0v) is 18.3. The molecule has 0 aliphatic heterocycles. The minimum Gasteiger partial charge on any atom is -0.493 e. The Kier molecular flexibility index (Phi) is 5.78. The third-order valence-corrected chi connectivity index (χ3v) is 5.22. The number of nitrogens with one attached hydrogen (secondary N) is 1. The van der Waals surface area contributed by atoms with Gasteiger partial charge in [-0.15, -0.1) is 5.10 Å². The molecule has 0 fully saturated rings. The minimum absolute atomic E-state index is 0.0356. The number of halogens is 1. The predicted octanol–water partition coefficient (Wildman–Crippen LogP) is 2.59. The molecular weight excluding hydrogens is 436 g/mol. The standard InChI is InChI=1S/C21H19ClN6O4/c1-12-4-5-13(8-15(12)22)24-18(29)10-27-11-23-20-19(21(27)30)25-26-28(20)14-6-7-16(31-2)17(9-14)32-3/h4-9,11H,10H2,1-3H3,(H,24,29).